The predicted octanol–water partition coefficient (Wildman–Crippen LogP) is 4.84. The normalized spacial score (nSPS) is 18.8. The SMILES string of the molecule is CNc1ncc(-c2nc3cc(OCC45CCCN4CCC5)ccc3o2)c2cc(NC(=O)C3CC3)ncc12. The Labute approximate surface area is 214 Å². The van der Waals surface area contributed by atoms with E-state index in [0.29, 0.717) is 29.7 Å². The Hall–Kier alpha value is -3.72. The van der Waals surface area contributed by atoms with Crippen molar-refractivity contribution in [1.29, 1.82) is 0 Å². The first-order chi connectivity index (χ1) is 18.1. The Morgan fingerprint density at radius 1 is 1.14 bits per heavy atom. The third kappa shape index (κ3) is 3.98. The zero-order valence-electron chi connectivity index (χ0n) is 20.9. The molecular formula is C28H30N6O3. The fourth-order valence-corrected chi connectivity index (χ4v) is 5.94. The van der Waals surface area contributed by atoms with Crippen LogP contribution in [0.25, 0.3) is 33.3 Å². The van der Waals surface area contributed by atoms with Crippen molar-refractivity contribution in [3.8, 4) is 17.2 Å². The number of oxazole rings is 1. The molecule has 37 heavy (non-hydrogen) atoms. The van der Waals surface area contributed by atoms with E-state index in [9.17, 15) is 4.79 Å². The highest BCUT2D eigenvalue weighted by atomic mass is 16.5. The Morgan fingerprint density at radius 3 is 2.76 bits per heavy atom. The average Bonchev–Trinajstić information content (AvgIpc) is 3.39. The number of rotatable bonds is 7. The maximum atomic E-state index is 12.3. The number of hydrogen-bond donors (Lipinski definition) is 2. The predicted molar refractivity (Wildman–Crippen MR) is 142 cm³/mol. The second kappa shape index (κ2) is 8.69. The molecule has 4 aromatic rings. The molecule has 1 amide bonds. The number of pyridine rings is 2. The second-order valence-corrected chi connectivity index (χ2v) is 10.5. The first kappa shape index (κ1) is 22.5. The van der Waals surface area contributed by atoms with Crippen molar-refractivity contribution in [2.24, 2.45) is 5.92 Å². The number of ether oxygens (including phenoxy) is 1. The summed E-state index contributed by atoms with van der Waals surface area (Å²) >= 11 is 0. The Kier molecular flexibility index (Phi) is 5.28. The first-order valence-corrected chi connectivity index (χ1v) is 13.2. The molecule has 3 aliphatic rings. The van der Waals surface area contributed by atoms with Gasteiger partial charge in [-0.3, -0.25) is 9.69 Å². The van der Waals surface area contributed by atoms with Crippen LogP contribution >= 0.6 is 0 Å². The van der Waals surface area contributed by atoms with Gasteiger partial charge in [0, 0.05) is 42.2 Å². The summed E-state index contributed by atoms with van der Waals surface area (Å²) in [6.07, 6.45) is 10.3. The number of nitrogens with zero attached hydrogens (tertiary/aromatic N) is 4. The van der Waals surface area contributed by atoms with Gasteiger partial charge in [-0.1, -0.05) is 0 Å². The van der Waals surface area contributed by atoms with Gasteiger partial charge < -0.3 is 19.8 Å². The highest BCUT2D eigenvalue weighted by Crippen LogP contribution is 2.40. The van der Waals surface area contributed by atoms with Gasteiger partial charge in [0.05, 0.1) is 11.1 Å². The molecule has 9 nitrogen and oxygen atoms in total. The minimum Gasteiger partial charge on any atom is -0.492 e. The van der Waals surface area contributed by atoms with Crippen LogP contribution in [-0.4, -0.2) is 58.0 Å². The number of carbonyl (C=O) groups is 1. The van der Waals surface area contributed by atoms with E-state index in [1.54, 1.807) is 12.4 Å². The molecule has 1 saturated carbocycles. The molecule has 3 fully saturated rings. The fraction of sp³-hybridized carbons (Fsp3) is 0.429. The van der Waals surface area contributed by atoms with Crippen molar-refractivity contribution in [3.63, 3.8) is 0 Å². The maximum Gasteiger partial charge on any atom is 0.229 e. The standard InChI is InChI=1S/C28H30N6O3/c1-29-25-20-14-30-24(33-26(35)17-4-5-17)13-19(20)21(15-31-25)27-32-22-12-18(6-7-23(22)37-27)36-16-28-8-2-10-34(28)11-3-9-28/h6-7,12-15,17H,2-5,8-11,16H2,1H3,(H,29,31)(H,30,33,35). The summed E-state index contributed by atoms with van der Waals surface area (Å²) in [4.78, 5) is 28.7. The Morgan fingerprint density at radius 2 is 1.97 bits per heavy atom. The third-order valence-electron chi connectivity index (χ3n) is 8.12. The molecule has 2 N–H and O–H groups in total. The molecule has 1 aliphatic carbocycles. The summed E-state index contributed by atoms with van der Waals surface area (Å²) in [6.45, 7) is 3.08. The van der Waals surface area contributed by atoms with E-state index in [0.717, 1.165) is 40.4 Å². The van der Waals surface area contributed by atoms with Gasteiger partial charge >= 0.3 is 0 Å². The van der Waals surface area contributed by atoms with Crippen molar-refractivity contribution in [2.75, 3.05) is 37.4 Å². The average molecular weight is 499 g/mol. The molecule has 2 aliphatic heterocycles. The number of hydrogen-bond acceptors (Lipinski definition) is 8. The molecule has 7 rings (SSSR count). The molecule has 1 aromatic carbocycles. The van der Waals surface area contributed by atoms with Crippen molar-refractivity contribution in [1.82, 2.24) is 19.9 Å². The van der Waals surface area contributed by atoms with Crippen LogP contribution in [0, 0.1) is 5.92 Å². The minimum absolute atomic E-state index is 0.0172. The number of anilines is 2. The number of nitrogens with one attached hydrogen (secondary N) is 2. The largest absolute Gasteiger partial charge is 0.492 e. The zero-order chi connectivity index (χ0) is 25.0. The number of benzene rings is 1. The van der Waals surface area contributed by atoms with Crippen LogP contribution < -0.4 is 15.4 Å². The van der Waals surface area contributed by atoms with Gasteiger partial charge in [0.25, 0.3) is 0 Å². The van der Waals surface area contributed by atoms with E-state index in [4.69, 9.17) is 14.1 Å². The van der Waals surface area contributed by atoms with E-state index in [1.165, 1.54) is 38.8 Å². The van der Waals surface area contributed by atoms with Gasteiger partial charge in [-0.2, -0.15) is 0 Å². The molecule has 5 heterocycles. The maximum absolute atomic E-state index is 12.3. The molecule has 190 valence electrons. The molecule has 0 atom stereocenters. The van der Waals surface area contributed by atoms with Crippen LogP contribution in [0.2, 0.25) is 0 Å². The highest BCUT2D eigenvalue weighted by molar-refractivity contribution is 6.03. The molecule has 2 saturated heterocycles. The first-order valence-electron chi connectivity index (χ1n) is 13.2. The third-order valence-corrected chi connectivity index (χ3v) is 8.12. The van der Waals surface area contributed by atoms with Gasteiger partial charge in [-0.25, -0.2) is 15.0 Å². The fourth-order valence-electron chi connectivity index (χ4n) is 5.94. The molecule has 3 aromatic heterocycles. The number of carbonyl (C=O) groups excluding carboxylic acids is 1. The van der Waals surface area contributed by atoms with Crippen molar-refractivity contribution in [2.45, 2.75) is 44.1 Å². The smallest absolute Gasteiger partial charge is 0.229 e. The van der Waals surface area contributed by atoms with Gasteiger partial charge in [-0.15, -0.1) is 0 Å². The Bertz CT molecular complexity index is 1500. The van der Waals surface area contributed by atoms with Crippen molar-refractivity contribution < 1.29 is 13.9 Å². The van der Waals surface area contributed by atoms with Gasteiger partial charge in [0.1, 0.15) is 29.5 Å². The summed E-state index contributed by atoms with van der Waals surface area (Å²) in [6, 6.07) is 7.69. The van der Waals surface area contributed by atoms with E-state index < -0.39 is 0 Å². The molecule has 0 unspecified atom stereocenters. The molecule has 0 radical (unpaired) electrons. The van der Waals surface area contributed by atoms with Crippen molar-refractivity contribution in [3.05, 3.63) is 36.7 Å². The van der Waals surface area contributed by atoms with Crippen LogP contribution in [0.3, 0.4) is 0 Å². The van der Waals surface area contributed by atoms with Gasteiger partial charge in [0.15, 0.2) is 5.58 Å². The molecule has 9 heteroatoms. The van der Waals surface area contributed by atoms with Crippen LogP contribution in [0.4, 0.5) is 11.6 Å². The van der Waals surface area contributed by atoms with E-state index >= 15 is 0 Å². The van der Waals surface area contributed by atoms with Crippen LogP contribution in [0.15, 0.2) is 41.1 Å². The number of fused-ring (bicyclic) bond motifs is 3. The van der Waals surface area contributed by atoms with Crippen LogP contribution in [-0.2, 0) is 4.79 Å². The number of aromatic nitrogens is 3. The molecule has 0 bridgehead atoms. The summed E-state index contributed by atoms with van der Waals surface area (Å²) in [5.74, 6) is 2.60. The quantitative estimate of drug-likeness (QED) is 0.373. The van der Waals surface area contributed by atoms with Gasteiger partial charge in [-0.05, 0) is 69.8 Å². The minimum atomic E-state index is 0.0172. The summed E-state index contributed by atoms with van der Waals surface area (Å²) in [7, 11) is 1.82. The van der Waals surface area contributed by atoms with Crippen molar-refractivity contribution >= 4 is 39.4 Å². The Balaban J connectivity index is 1.20. The van der Waals surface area contributed by atoms with E-state index in [2.05, 4.69) is 25.5 Å². The lowest BCUT2D eigenvalue weighted by molar-refractivity contribution is -0.117. The molecule has 0 spiro atoms. The highest BCUT2D eigenvalue weighted by Gasteiger charge is 2.44. The summed E-state index contributed by atoms with van der Waals surface area (Å²) in [5.41, 5.74) is 2.36. The second-order valence-electron chi connectivity index (χ2n) is 10.5. The summed E-state index contributed by atoms with van der Waals surface area (Å²) in [5, 5.41) is 7.73. The van der Waals surface area contributed by atoms with Gasteiger partial charge in [0.2, 0.25) is 11.8 Å². The van der Waals surface area contributed by atoms with E-state index in [-0.39, 0.29) is 17.4 Å². The lowest BCUT2D eigenvalue weighted by atomic mass is 9.95. The molecular weight excluding hydrogens is 468 g/mol. The van der Waals surface area contributed by atoms with E-state index in [1.807, 2.05) is 31.3 Å². The lowest BCUT2D eigenvalue weighted by Crippen LogP contribution is -2.43. The summed E-state index contributed by atoms with van der Waals surface area (Å²) < 4.78 is 12.5. The van der Waals surface area contributed by atoms with Crippen LogP contribution in [0.1, 0.15) is 38.5 Å². The number of amides is 1. The lowest BCUT2D eigenvalue weighted by Gasteiger charge is -2.31. The monoisotopic (exact) mass is 498 g/mol. The topological polar surface area (TPSA) is 105 Å². The van der Waals surface area contributed by atoms with Crippen LogP contribution in [0.5, 0.6) is 5.75 Å². The zero-order valence-corrected chi connectivity index (χ0v) is 20.9.